The van der Waals surface area contributed by atoms with Crippen molar-refractivity contribution in [3.8, 4) is 10.4 Å². The molecule has 11 heteroatoms. The van der Waals surface area contributed by atoms with Crippen molar-refractivity contribution in [2.45, 2.75) is 57.7 Å². The number of rotatable bonds is 6. The highest BCUT2D eigenvalue weighted by molar-refractivity contribution is 7.13. The van der Waals surface area contributed by atoms with Crippen LogP contribution in [0.2, 0.25) is 0 Å². The number of likely N-dealkylation sites (tertiary alicyclic amines) is 1. The van der Waals surface area contributed by atoms with Gasteiger partial charge in [0.2, 0.25) is 5.91 Å². The number of benzene rings is 1. The van der Waals surface area contributed by atoms with Crippen molar-refractivity contribution in [3.05, 3.63) is 52.9 Å². The van der Waals surface area contributed by atoms with Gasteiger partial charge >= 0.3 is 0 Å². The van der Waals surface area contributed by atoms with Crippen molar-refractivity contribution < 1.29 is 14.7 Å². The molecule has 37 heavy (non-hydrogen) atoms. The molecule has 0 unspecified atom stereocenters. The van der Waals surface area contributed by atoms with Crippen LogP contribution < -0.4 is 5.32 Å². The SMILES string of the molecule is Cc1ncsc1-c1ccc([C@]2(C)NC([C@@H]3C[C@@H](O)CN3C(=O)[C@H](c3cn(C)nn3)C(C)C)=NC2=O)cc1. The van der Waals surface area contributed by atoms with Gasteiger partial charge in [-0.1, -0.05) is 43.3 Å². The van der Waals surface area contributed by atoms with Crippen LogP contribution in [0.3, 0.4) is 0 Å². The van der Waals surface area contributed by atoms with E-state index in [4.69, 9.17) is 0 Å². The van der Waals surface area contributed by atoms with Gasteiger partial charge in [-0.05, 0) is 30.9 Å². The highest BCUT2D eigenvalue weighted by Crippen LogP contribution is 2.34. The Kier molecular flexibility index (Phi) is 6.45. The van der Waals surface area contributed by atoms with Crippen molar-refractivity contribution in [2.24, 2.45) is 18.0 Å². The number of hydrogen-bond acceptors (Lipinski definition) is 8. The minimum absolute atomic E-state index is 0.0336. The predicted octanol–water partition coefficient (Wildman–Crippen LogP) is 2.39. The number of aryl methyl sites for hydroxylation is 2. The Bertz CT molecular complexity index is 1360. The molecule has 3 aromatic rings. The maximum atomic E-state index is 13.8. The van der Waals surface area contributed by atoms with E-state index in [1.807, 2.05) is 50.5 Å². The smallest absolute Gasteiger partial charge is 0.277 e. The summed E-state index contributed by atoms with van der Waals surface area (Å²) in [5, 5.41) is 22.0. The lowest BCUT2D eigenvalue weighted by molar-refractivity contribution is -0.134. The van der Waals surface area contributed by atoms with Crippen LogP contribution in [0.1, 0.15) is 50.1 Å². The molecule has 1 saturated heterocycles. The lowest BCUT2D eigenvalue weighted by atomic mass is 9.90. The number of nitrogens with zero attached hydrogens (tertiary/aromatic N) is 6. The molecule has 0 spiro atoms. The molecular formula is C26H31N7O3S. The lowest BCUT2D eigenvalue weighted by Gasteiger charge is -2.31. The first-order chi connectivity index (χ1) is 17.6. The molecule has 1 fully saturated rings. The summed E-state index contributed by atoms with van der Waals surface area (Å²) >= 11 is 1.58. The zero-order chi connectivity index (χ0) is 26.5. The average molecular weight is 522 g/mol. The van der Waals surface area contributed by atoms with E-state index in [2.05, 4.69) is 25.6 Å². The summed E-state index contributed by atoms with van der Waals surface area (Å²) in [5.74, 6) is -0.636. The standard InChI is InChI=1S/C26H31N7O3S/c1-14(2)21(19-12-32(5)31-30-19)24(35)33-11-18(34)10-20(33)23-28-25(36)26(4,29-23)17-8-6-16(7-9-17)22-15(3)27-13-37-22/h6-9,12-14,18,20-21,34H,10-11H2,1-5H3,(H,28,29,36)/t18-,20+,21+,26+/m1/s1. The molecule has 0 aliphatic carbocycles. The quantitative estimate of drug-likeness (QED) is 0.510. The molecule has 10 nitrogen and oxygen atoms in total. The lowest BCUT2D eigenvalue weighted by Crippen LogP contribution is -2.51. The average Bonchev–Trinajstić information content (AvgIpc) is 3.62. The second-order valence-electron chi connectivity index (χ2n) is 10.3. The second kappa shape index (κ2) is 9.46. The molecular weight excluding hydrogens is 490 g/mol. The van der Waals surface area contributed by atoms with Crippen molar-refractivity contribution in [2.75, 3.05) is 6.54 Å². The van der Waals surface area contributed by atoms with Crippen LogP contribution in [0.25, 0.3) is 10.4 Å². The Hall–Kier alpha value is -3.44. The number of thiazole rings is 1. The molecule has 4 atom stereocenters. The van der Waals surface area contributed by atoms with Crippen molar-refractivity contribution in [3.63, 3.8) is 0 Å². The van der Waals surface area contributed by atoms with Crippen LogP contribution in [0, 0.1) is 12.8 Å². The van der Waals surface area contributed by atoms with E-state index in [1.165, 1.54) is 0 Å². The van der Waals surface area contributed by atoms with Crippen LogP contribution >= 0.6 is 11.3 Å². The molecule has 0 radical (unpaired) electrons. The van der Waals surface area contributed by atoms with Crippen LogP contribution in [-0.4, -0.2) is 66.3 Å². The molecule has 2 aromatic heterocycles. The molecule has 5 rings (SSSR count). The van der Waals surface area contributed by atoms with Crippen molar-refractivity contribution in [1.82, 2.24) is 30.2 Å². The van der Waals surface area contributed by atoms with Crippen LogP contribution in [0.5, 0.6) is 0 Å². The Morgan fingerprint density at radius 2 is 2.00 bits per heavy atom. The summed E-state index contributed by atoms with van der Waals surface area (Å²) in [6, 6.07) is 7.28. The Morgan fingerprint density at radius 3 is 2.59 bits per heavy atom. The predicted molar refractivity (Wildman–Crippen MR) is 140 cm³/mol. The first-order valence-electron chi connectivity index (χ1n) is 12.4. The van der Waals surface area contributed by atoms with Gasteiger partial charge in [0.1, 0.15) is 11.4 Å². The van der Waals surface area contributed by atoms with Gasteiger partial charge in [0.05, 0.1) is 39.8 Å². The maximum Gasteiger partial charge on any atom is 0.277 e. The fourth-order valence-electron chi connectivity index (χ4n) is 5.20. The van der Waals surface area contributed by atoms with Gasteiger partial charge in [-0.3, -0.25) is 14.3 Å². The van der Waals surface area contributed by atoms with Crippen molar-refractivity contribution in [1.29, 1.82) is 0 Å². The van der Waals surface area contributed by atoms with Gasteiger partial charge in [-0.15, -0.1) is 16.4 Å². The summed E-state index contributed by atoms with van der Waals surface area (Å²) < 4.78 is 1.57. The van der Waals surface area contributed by atoms with E-state index in [0.717, 1.165) is 21.7 Å². The van der Waals surface area contributed by atoms with E-state index in [0.29, 0.717) is 18.0 Å². The van der Waals surface area contributed by atoms with Gasteiger partial charge in [0.15, 0.2) is 0 Å². The fraction of sp³-hybridized carbons (Fsp3) is 0.462. The summed E-state index contributed by atoms with van der Waals surface area (Å²) in [5.41, 5.74) is 4.12. The third kappa shape index (κ3) is 4.46. The Morgan fingerprint density at radius 1 is 1.27 bits per heavy atom. The number of aromatic nitrogens is 4. The Balaban J connectivity index is 1.39. The van der Waals surface area contributed by atoms with E-state index in [9.17, 15) is 14.7 Å². The van der Waals surface area contributed by atoms with Crippen molar-refractivity contribution >= 4 is 29.0 Å². The number of aliphatic hydroxyl groups excluding tert-OH is 1. The first kappa shape index (κ1) is 25.2. The highest BCUT2D eigenvalue weighted by atomic mass is 32.1. The number of β-amino-alcohol motifs (C(OH)–C–C–N with tert-alkyl or cyclic N) is 1. The van der Waals surface area contributed by atoms with Crippen LogP contribution in [0.15, 0.2) is 41.0 Å². The summed E-state index contributed by atoms with van der Waals surface area (Å²) in [6.45, 7) is 7.86. The first-order valence-corrected chi connectivity index (χ1v) is 13.2. The number of carbonyl (C=O) groups is 2. The number of nitrogens with one attached hydrogen (secondary N) is 1. The summed E-state index contributed by atoms with van der Waals surface area (Å²) in [6.07, 6.45) is 1.33. The fourth-order valence-corrected chi connectivity index (χ4v) is 6.01. The van der Waals surface area contributed by atoms with E-state index in [1.54, 1.807) is 41.1 Å². The summed E-state index contributed by atoms with van der Waals surface area (Å²) in [4.78, 5) is 38.4. The third-order valence-electron chi connectivity index (χ3n) is 7.25. The zero-order valence-corrected chi connectivity index (χ0v) is 22.4. The normalized spacial score (nSPS) is 24.5. The molecule has 2 N–H and O–H groups in total. The van der Waals surface area contributed by atoms with Gasteiger partial charge in [0, 0.05) is 26.2 Å². The largest absolute Gasteiger partial charge is 0.391 e. The van der Waals surface area contributed by atoms with Gasteiger partial charge < -0.3 is 15.3 Å². The third-order valence-corrected chi connectivity index (χ3v) is 8.22. The number of aliphatic imine (C=N–C) groups is 1. The monoisotopic (exact) mass is 521 g/mol. The summed E-state index contributed by atoms with van der Waals surface area (Å²) in [7, 11) is 1.76. The van der Waals surface area contributed by atoms with Gasteiger partial charge in [-0.2, -0.15) is 4.99 Å². The van der Waals surface area contributed by atoms with E-state index < -0.39 is 23.6 Å². The minimum Gasteiger partial charge on any atom is -0.391 e. The number of hydrogen-bond donors (Lipinski definition) is 2. The molecule has 4 heterocycles. The number of amidine groups is 1. The molecule has 194 valence electrons. The van der Waals surface area contributed by atoms with E-state index in [-0.39, 0.29) is 24.3 Å². The molecule has 0 bridgehead atoms. The molecule has 1 aromatic carbocycles. The Labute approximate surface area is 219 Å². The maximum absolute atomic E-state index is 13.8. The van der Waals surface area contributed by atoms with Gasteiger partial charge in [-0.25, -0.2) is 4.98 Å². The number of amides is 2. The topological polar surface area (TPSA) is 126 Å². The zero-order valence-electron chi connectivity index (χ0n) is 21.5. The highest BCUT2D eigenvalue weighted by Gasteiger charge is 2.48. The van der Waals surface area contributed by atoms with Crippen LogP contribution in [0.4, 0.5) is 0 Å². The second-order valence-corrected chi connectivity index (χ2v) is 11.2. The molecule has 2 aliphatic rings. The minimum atomic E-state index is -1.07. The van der Waals surface area contributed by atoms with E-state index >= 15 is 0 Å². The molecule has 2 amide bonds. The van der Waals surface area contributed by atoms with Gasteiger partial charge in [0.25, 0.3) is 5.91 Å². The number of aliphatic hydroxyl groups is 1. The molecule has 0 saturated carbocycles. The molecule has 2 aliphatic heterocycles. The van der Waals surface area contributed by atoms with Crippen LogP contribution in [-0.2, 0) is 22.2 Å². The number of carbonyl (C=O) groups excluding carboxylic acids is 2.